The molecule has 0 aliphatic rings. The highest BCUT2D eigenvalue weighted by atomic mass is 127. The molecule has 5 heteroatoms. The normalized spacial score (nSPS) is 12.2. The van der Waals surface area contributed by atoms with Gasteiger partial charge in [0.1, 0.15) is 0 Å². The van der Waals surface area contributed by atoms with Crippen molar-refractivity contribution in [2.45, 2.75) is 6.92 Å². The van der Waals surface area contributed by atoms with Gasteiger partial charge >= 0.3 is 0 Å². The van der Waals surface area contributed by atoms with Crippen molar-refractivity contribution in [3.05, 3.63) is 31.8 Å². The summed E-state index contributed by atoms with van der Waals surface area (Å²) in [5.74, 6) is 0.410. The molecule has 1 rings (SSSR count). The molecular weight excluding hydrogens is 395 g/mol. The molecule has 1 atom stereocenters. The molecule has 17 heavy (non-hydrogen) atoms. The highest BCUT2D eigenvalue weighted by Gasteiger charge is 2.11. The zero-order valence-electron chi connectivity index (χ0n) is 9.89. The Bertz CT molecular complexity index is 398. The standard InChI is InChI=1S/C12H16BrIN2O/c1-8(6-15-2)7-16-12(17)10-5-9(13)3-4-11(10)14/h3-5,8,15H,6-7H2,1-2H3,(H,16,17). The predicted octanol–water partition coefficient (Wildman–Crippen LogP) is 2.64. The Morgan fingerprint density at radius 1 is 1.47 bits per heavy atom. The van der Waals surface area contributed by atoms with Gasteiger partial charge in [0, 0.05) is 14.6 Å². The lowest BCUT2D eigenvalue weighted by Gasteiger charge is -2.12. The Kier molecular flexibility index (Phi) is 6.43. The van der Waals surface area contributed by atoms with Gasteiger partial charge in [-0.3, -0.25) is 4.79 Å². The van der Waals surface area contributed by atoms with Crippen molar-refractivity contribution in [3.63, 3.8) is 0 Å². The van der Waals surface area contributed by atoms with Crippen molar-refractivity contribution in [2.75, 3.05) is 20.1 Å². The first-order valence-electron chi connectivity index (χ1n) is 5.42. The van der Waals surface area contributed by atoms with Gasteiger partial charge in [-0.25, -0.2) is 0 Å². The van der Waals surface area contributed by atoms with Crippen molar-refractivity contribution in [3.8, 4) is 0 Å². The van der Waals surface area contributed by atoms with Gasteiger partial charge in [0.05, 0.1) is 5.56 Å². The van der Waals surface area contributed by atoms with E-state index in [2.05, 4.69) is 56.1 Å². The SMILES string of the molecule is CNCC(C)CNC(=O)c1cc(Br)ccc1I. The Morgan fingerprint density at radius 3 is 2.82 bits per heavy atom. The number of rotatable bonds is 5. The van der Waals surface area contributed by atoms with E-state index < -0.39 is 0 Å². The maximum atomic E-state index is 12.0. The Balaban J connectivity index is 2.61. The lowest BCUT2D eigenvalue weighted by Crippen LogP contribution is -2.32. The Labute approximate surface area is 124 Å². The number of benzene rings is 1. The molecular formula is C12H16BrIN2O. The van der Waals surface area contributed by atoms with Crippen LogP contribution >= 0.6 is 38.5 Å². The average molecular weight is 411 g/mol. The summed E-state index contributed by atoms with van der Waals surface area (Å²) in [7, 11) is 1.91. The molecule has 1 amide bonds. The number of carbonyl (C=O) groups is 1. The molecule has 2 N–H and O–H groups in total. The third-order valence-electron chi connectivity index (χ3n) is 2.34. The summed E-state index contributed by atoms with van der Waals surface area (Å²) in [6.07, 6.45) is 0. The number of halogens is 2. The van der Waals surface area contributed by atoms with E-state index in [1.807, 2.05) is 25.2 Å². The maximum absolute atomic E-state index is 12.0. The minimum Gasteiger partial charge on any atom is -0.352 e. The van der Waals surface area contributed by atoms with Crippen LogP contribution < -0.4 is 10.6 Å². The number of amides is 1. The quantitative estimate of drug-likeness (QED) is 0.732. The van der Waals surface area contributed by atoms with Crippen LogP contribution in [0.25, 0.3) is 0 Å². The van der Waals surface area contributed by atoms with Crippen LogP contribution in [0.5, 0.6) is 0 Å². The zero-order valence-corrected chi connectivity index (χ0v) is 13.6. The van der Waals surface area contributed by atoms with E-state index in [1.54, 1.807) is 0 Å². The fourth-order valence-corrected chi connectivity index (χ4v) is 2.40. The van der Waals surface area contributed by atoms with Crippen LogP contribution in [-0.2, 0) is 0 Å². The third-order valence-corrected chi connectivity index (χ3v) is 3.77. The lowest BCUT2D eigenvalue weighted by atomic mass is 10.1. The Hall–Kier alpha value is -0.140. The highest BCUT2D eigenvalue weighted by molar-refractivity contribution is 14.1. The van der Waals surface area contributed by atoms with Crippen LogP contribution in [0.15, 0.2) is 22.7 Å². The minimum absolute atomic E-state index is 0.0151. The van der Waals surface area contributed by atoms with Crippen LogP contribution in [0, 0.1) is 9.49 Å². The highest BCUT2D eigenvalue weighted by Crippen LogP contribution is 2.18. The van der Waals surface area contributed by atoms with E-state index >= 15 is 0 Å². The van der Waals surface area contributed by atoms with Gasteiger partial charge in [0.2, 0.25) is 0 Å². The van der Waals surface area contributed by atoms with Crippen LogP contribution in [0.4, 0.5) is 0 Å². The van der Waals surface area contributed by atoms with Crippen molar-refractivity contribution in [1.29, 1.82) is 0 Å². The molecule has 3 nitrogen and oxygen atoms in total. The number of nitrogens with one attached hydrogen (secondary N) is 2. The summed E-state index contributed by atoms with van der Waals surface area (Å²) < 4.78 is 1.89. The second kappa shape index (κ2) is 7.33. The van der Waals surface area contributed by atoms with Crippen LogP contribution in [0.3, 0.4) is 0 Å². The number of hydrogen-bond donors (Lipinski definition) is 2. The molecule has 0 fully saturated rings. The molecule has 1 aromatic rings. The smallest absolute Gasteiger partial charge is 0.252 e. The molecule has 0 aromatic heterocycles. The third kappa shape index (κ3) is 4.93. The van der Waals surface area contributed by atoms with Crippen LogP contribution in [-0.4, -0.2) is 26.0 Å². The summed E-state index contributed by atoms with van der Waals surface area (Å²) >= 11 is 5.55. The van der Waals surface area contributed by atoms with E-state index in [9.17, 15) is 4.79 Å². The molecule has 0 aliphatic heterocycles. The molecule has 94 valence electrons. The lowest BCUT2D eigenvalue weighted by molar-refractivity contribution is 0.0947. The zero-order chi connectivity index (χ0) is 12.8. The van der Waals surface area contributed by atoms with Crippen LogP contribution in [0.2, 0.25) is 0 Å². The first-order valence-corrected chi connectivity index (χ1v) is 7.29. The van der Waals surface area contributed by atoms with Gasteiger partial charge in [-0.15, -0.1) is 0 Å². The topological polar surface area (TPSA) is 41.1 Å². The van der Waals surface area contributed by atoms with Crippen molar-refractivity contribution in [2.24, 2.45) is 5.92 Å². The summed E-state index contributed by atoms with van der Waals surface area (Å²) in [5, 5.41) is 6.04. The van der Waals surface area contributed by atoms with Crippen LogP contribution in [0.1, 0.15) is 17.3 Å². The van der Waals surface area contributed by atoms with E-state index in [4.69, 9.17) is 0 Å². The molecule has 0 heterocycles. The van der Waals surface area contributed by atoms with E-state index in [0.29, 0.717) is 12.5 Å². The predicted molar refractivity (Wildman–Crippen MR) is 82.3 cm³/mol. The van der Waals surface area contributed by atoms with Crippen molar-refractivity contribution < 1.29 is 4.79 Å². The van der Waals surface area contributed by atoms with E-state index in [0.717, 1.165) is 20.2 Å². The molecule has 0 bridgehead atoms. The summed E-state index contributed by atoms with van der Waals surface area (Å²) in [6, 6.07) is 5.71. The van der Waals surface area contributed by atoms with E-state index in [1.165, 1.54) is 0 Å². The molecule has 0 radical (unpaired) electrons. The second-order valence-electron chi connectivity index (χ2n) is 4.00. The Morgan fingerprint density at radius 2 is 2.18 bits per heavy atom. The van der Waals surface area contributed by atoms with Crippen molar-refractivity contribution >= 4 is 44.4 Å². The molecule has 0 saturated carbocycles. The molecule has 0 aliphatic carbocycles. The van der Waals surface area contributed by atoms with Gasteiger partial charge in [0.25, 0.3) is 5.91 Å². The minimum atomic E-state index is -0.0151. The monoisotopic (exact) mass is 410 g/mol. The van der Waals surface area contributed by atoms with Gasteiger partial charge in [-0.1, -0.05) is 22.9 Å². The first kappa shape index (κ1) is 14.9. The fourth-order valence-electron chi connectivity index (χ4n) is 1.45. The summed E-state index contributed by atoms with van der Waals surface area (Å²) in [4.78, 5) is 12.0. The van der Waals surface area contributed by atoms with E-state index in [-0.39, 0.29) is 5.91 Å². The summed E-state index contributed by atoms with van der Waals surface area (Å²) in [6.45, 7) is 3.68. The summed E-state index contributed by atoms with van der Waals surface area (Å²) in [5.41, 5.74) is 0.719. The average Bonchev–Trinajstić information content (AvgIpc) is 2.29. The largest absolute Gasteiger partial charge is 0.352 e. The van der Waals surface area contributed by atoms with Gasteiger partial charge < -0.3 is 10.6 Å². The maximum Gasteiger partial charge on any atom is 0.252 e. The number of carbonyl (C=O) groups excluding carboxylic acids is 1. The van der Waals surface area contributed by atoms with Gasteiger partial charge in [-0.2, -0.15) is 0 Å². The van der Waals surface area contributed by atoms with Crippen molar-refractivity contribution in [1.82, 2.24) is 10.6 Å². The second-order valence-corrected chi connectivity index (χ2v) is 6.07. The van der Waals surface area contributed by atoms with Gasteiger partial charge in [-0.05, 0) is 60.3 Å². The molecule has 0 saturated heterocycles. The van der Waals surface area contributed by atoms with Gasteiger partial charge in [0.15, 0.2) is 0 Å². The molecule has 0 spiro atoms. The fraction of sp³-hybridized carbons (Fsp3) is 0.417. The number of hydrogen-bond acceptors (Lipinski definition) is 2. The first-order chi connectivity index (χ1) is 8.04. The molecule has 1 unspecified atom stereocenters. The molecule has 1 aromatic carbocycles.